The standard InChI is InChI=1S/C16H19FN2/c1-12-4-3-5-15(18)16(12)19(2)11-10-13-6-8-14(17)9-7-13/h3-9H,10-11,18H2,1-2H3. The second kappa shape index (κ2) is 5.74. The van der Waals surface area contributed by atoms with E-state index in [1.54, 1.807) is 0 Å². The number of nitrogens with zero attached hydrogens (tertiary/aromatic N) is 1. The van der Waals surface area contributed by atoms with Crippen LogP contribution < -0.4 is 10.6 Å². The number of hydrogen-bond acceptors (Lipinski definition) is 2. The fourth-order valence-corrected chi connectivity index (χ4v) is 2.26. The first kappa shape index (κ1) is 13.4. The van der Waals surface area contributed by atoms with Crippen molar-refractivity contribution >= 4 is 11.4 Å². The van der Waals surface area contributed by atoms with Crippen LogP contribution >= 0.6 is 0 Å². The van der Waals surface area contributed by atoms with Crippen molar-refractivity contribution in [2.24, 2.45) is 0 Å². The Hall–Kier alpha value is -2.03. The van der Waals surface area contributed by atoms with Gasteiger partial charge in [-0.15, -0.1) is 0 Å². The Balaban J connectivity index is 2.05. The van der Waals surface area contributed by atoms with Crippen LogP contribution in [0.25, 0.3) is 0 Å². The SMILES string of the molecule is Cc1cccc(N)c1N(C)CCc1ccc(F)cc1. The van der Waals surface area contributed by atoms with Crippen LogP contribution in [0.5, 0.6) is 0 Å². The molecule has 0 radical (unpaired) electrons. The van der Waals surface area contributed by atoms with Gasteiger partial charge in [0.15, 0.2) is 0 Å². The highest BCUT2D eigenvalue weighted by Gasteiger charge is 2.08. The van der Waals surface area contributed by atoms with E-state index in [2.05, 4.69) is 17.9 Å². The van der Waals surface area contributed by atoms with Crippen molar-refractivity contribution in [1.29, 1.82) is 0 Å². The molecule has 19 heavy (non-hydrogen) atoms. The summed E-state index contributed by atoms with van der Waals surface area (Å²) in [5, 5.41) is 0. The van der Waals surface area contributed by atoms with Gasteiger partial charge in [-0.05, 0) is 42.7 Å². The highest BCUT2D eigenvalue weighted by Crippen LogP contribution is 2.26. The molecule has 2 rings (SSSR count). The number of halogens is 1. The van der Waals surface area contributed by atoms with E-state index in [9.17, 15) is 4.39 Å². The lowest BCUT2D eigenvalue weighted by atomic mass is 10.1. The molecule has 0 heterocycles. The largest absolute Gasteiger partial charge is 0.397 e. The maximum Gasteiger partial charge on any atom is 0.123 e. The molecule has 0 saturated carbocycles. The van der Waals surface area contributed by atoms with Gasteiger partial charge in [-0.25, -0.2) is 4.39 Å². The van der Waals surface area contributed by atoms with Gasteiger partial charge in [0.25, 0.3) is 0 Å². The molecule has 2 aromatic carbocycles. The average Bonchev–Trinajstić information content (AvgIpc) is 2.38. The number of hydrogen-bond donors (Lipinski definition) is 1. The molecule has 0 aliphatic rings. The monoisotopic (exact) mass is 258 g/mol. The zero-order valence-electron chi connectivity index (χ0n) is 11.4. The summed E-state index contributed by atoms with van der Waals surface area (Å²) in [4.78, 5) is 2.15. The molecular weight excluding hydrogens is 239 g/mol. The van der Waals surface area contributed by atoms with Gasteiger partial charge >= 0.3 is 0 Å². The first-order valence-corrected chi connectivity index (χ1v) is 6.38. The minimum Gasteiger partial charge on any atom is -0.397 e. The van der Waals surface area contributed by atoms with Crippen LogP contribution in [0.2, 0.25) is 0 Å². The van der Waals surface area contributed by atoms with E-state index < -0.39 is 0 Å². The summed E-state index contributed by atoms with van der Waals surface area (Å²) in [7, 11) is 2.03. The summed E-state index contributed by atoms with van der Waals surface area (Å²) in [5.41, 5.74) is 10.2. The summed E-state index contributed by atoms with van der Waals surface area (Å²) < 4.78 is 12.8. The molecular formula is C16H19FN2. The molecule has 0 fully saturated rings. The van der Waals surface area contributed by atoms with Crippen LogP contribution in [0.1, 0.15) is 11.1 Å². The van der Waals surface area contributed by atoms with Crippen molar-refractivity contribution in [2.45, 2.75) is 13.3 Å². The molecule has 2 nitrogen and oxygen atoms in total. The molecule has 0 bridgehead atoms. The first-order valence-electron chi connectivity index (χ1n) is 6.38. The van der Waals surface area contributed by atoms with Crippen molar-refractivity contribution in [3.05, 3.63) is 59.4 Å². The van der Waals surface area contributed by atoms with Crippen molar-refractivity contribution in [3.63, 3.8) is 0 Å². The van der Waals surface area contributed by atoms with E-state index in [1.807, 2.05) is 31.3 Å². The molecule has 0 unspecified atom stereocenters. The third-order valence-corrected chi connectivity index (χ3v) is 3.30. The van der Waals surface area contributed by atoms with Gasteiger partial charge in [-0.2, -0.15) is 0 Å². The van der Waals surface area contributed by atoms with Crippen molar-refractivity contribution in [3.8, 4) is 0 Å². The molecule has 0 amide bonds. The molecule has 0 spiro atoms. The van der Waals surface area contributed by atoms with E-state index in [0.717, 1.165) is 29.9 Å². The zero-order valence-corrected chi connectivity index (χ0v) is 11.4. The Morgan fingerprint density at radius 3 is 2.42 bits per heavy atom. The Labute approximate surface area is 113 Å². The highest BCUT2D eigenvalue weighted by molar-refractivity contribution is 5.71. The topological polar surface area (TPSA) is 29.3 Å². The predicted molar refractivity (Wildman–Crippen MR) is 79.0 cm³/mol. The zero-order chi connectivity index (χ0) is 13.8. The van der Waals surface area contributed by atoms with Crippen LogP contribution in [-0.4, -0.2) is 13.6 Å². The smallest absolute Gasteiger partial charge is 0.123 e. The van der Waals surface area contributed by atoms with E-state index >= 15 is 0 Å². The number of nitrogen functional groups attached to an aromatic ring is 1. The lowest BCUT2D eigenvalue weighted by Gasteiger charge is -2.23. The van der Waals surface area contributed by atoms with E-state index in [4.69, 9.17) is 5.73 Å². The molecule has 2 N–H and O–H groups in total. The normalized spacial score (nSPS) is 10.5. The second-order valence-electron chi connectivity index (χ2n) is 4.81. The van der Waals surface area contributed by atoms with Gasteiger partial charge in [-0.3, -0.25) is 0 Å². The molecule has 0 aromatic heterocycles. The van der Waals surface area contributed by atoms with Gasteiger partial charge in [0, 0.05) is 13.6 Å². The molecule has 3 heteroatoms. The summed E-state index contributed by atoms with van der Waals surface area (Å²) >= 11 is 0. The summed E-state index contributed by atoms with van der Waals surface area (Å²) in [5.74, 6) is -0.194. The van der Waals surface area contributed by atoms with E-state index in [0.29, 0.717) is 0 Å². The van der Waals surface area contributed by atoms with Gasteiger partial charge in [0.2, 0.25) is 0 Å². The molecule has 0 atom stereocenters. The van der Waals surface area contributed by atoms with Crippen LogP contribution in [0, 0.1) is 12.7 Å². The first-order chi connectivity index (χ1) is 9.08. The van der Waals surface area contributed by atoms with Gasteiger partial charge < -0.3 is 10.6 Å². The second-order valence-corrected chi connectivity index (χ2v) is 4.81. The number of benzene rings is 2. The van der Waals surface area contributed by atoms with E-state index in [-0.39, 0.29) is 5.82 Å². The molecule has 100 valence electrons. The number of anilines is 2. The van der Waals surface area contributed by atoms with Crippen LogP contribution in [0.15, 0.2) is 42.5 Å². The van der Waals surface area contributed by atoms with Gasteiger partial charge in [-0.1, -0.05) is 24.3 Å². The Kier molecular flexibility index (Phi) is 4.05. The lowest BCUT2D eigenvalue weighted by Crippen LogP contribution is -2.22. The molecule has 2 aromatic rings. The number of likely N-dealkylation sites (N-methyl/N-ethyl adjacent to an activating group) is 1. The Morgan fingerprint density at radius 1 is 1.11 bits per heavy atom. The predicted octanol–water partition coefficient (Wildman–Crippen LogP) is 3.40. The fourth-order valence-electron chi connectivity index (χ4n) is 2.26. The highest BCUT2D eigenvalue weighted by atomic mass is 19.1. The van der Waals surface area contributed by atoms with Crippen LogP contribution in [0.3, 0.4) is 0 Å². The van der Waals surface area contributed by atoms with Crippen LogP contribution in [-0.2, 0) is 6.42 Å². The van der Waals surface area contributed by atoms with Gasteiger partial charge in [0.1, 0.15) is 5.82 Å². The summed E-state index contributed by atoms with van der Waals surface area (Å²) in [6, 6.07) is 12.6. The quantitative estimate of drug-likeness (QED) is 0.852. The minimum absolute atomic E-state index is 0.194. The number of rotatable bonds is 4. The third-order valence-electron chi connectivity index (χ3n) is 3.30. The summed E-state index contributed by atoms with van der Waals surface area (Å²) in [6.07, 6.45) is 0.866. The lowest BCUT2D eigenvalue weighted by molar-refractivity contribution is 0.627. The Bertz CT molecular complexity index is 529. The molecule has 0 aliphatic heterocycles. The number of aryl methyl sites for hydroxylation is 1. The van der Waals surface area contributed by atoms with Crippen molar-refractivity contribution < 1.29 is 4.39 Å². The number of nitrogens with two attached hydrogens (primary N) is 1. The minimum atomic E-state index is -0.194. The Morgan fingerprint density at radius 2 is 1.79 bits per heavy atom. The van der Waals surface area contributed by atoms with Crippen molar-refractivity contribution in [2.75, 3.05) is 24.2 Å². The van der Waals surface area contributed by atoms with Crippen LogP contribution in [0.4, 0.5) is 15.8 Å². The maximum atomic E-state index is 12.8. The van der Waals surface area contributed by atoms with Crippen molar-refractivity contribution in [1.82, 2.24) is 0 Å². The average molecular weight is 258 g/mol. The van der Waals surface area contributed by atoms with E-state index in [1.165, 1.54) is 17.7 Å². The fraction of sp³-hybridized carbons (Fsp3) is 0.250. The summed E-state index contributed by atoms with van der Waals surface area (Å²) in [6.45, 7) is 2.90. The maximum absolute atomic E-state index is 12.8. The van der Waals surface area contributed by atoms with Gasteiger partial charge in [0.05, 0.1) is 11.4 Å². The molecule has 0 saturated heterocycles. The molecule has 0 aliphatic carbocycles. The number of para-hydroxylation sites is 1. The third kappa shape index (κ3) is 3.25.